The van der Waals surface area contributed by atoms with E-state index in [1.165, 1.54) is 18.2 Å². The predicted octanol–water partition coefficient (Wildman–Crippen LogP) is 2.27. The molecule has 1 atom stereocenters. The molecule has 0 aromatic heterocycles. The van der Waals surface area contributed by atoms with Gasteiger partial charge in [0, 0.05) is 11.1 Å². The molecule has 102 valence electrons. The zero-order chi connectivity index (χ0) is 14.3. The number of ether oxygens (including phenoxy) is 1. The normalized spacial score (nSPS) is 17.1. The van der Waals surface area contributed by atoms with Crippen LogP contribution >= 0.6 is 0 Å². The fraction of sp³-hybridized carbons (Fsp3) is 0.0667. The van der Waals surface area contributed by atoms with Gasteiger partial charge in [0.2, 0.25) is 0 Å². The lowest BCUT2D eigenvalue weighted by Gasteiger charge is -2.22. The van der Waals surface area contributed by atoms with Crippen molar-refractivity contribution in [2.75, 3.05) is 0 Å². The van der Waals surface area contributed by atoms with Gasteiger partial charge in [-0.15, -0.1) is 0 Å². The number of aromatic hydroxyl groups is 3. The minimum absolute atomic E-state index is 0.293. The quantitative estimate of drug-likeness (QED) is 0.598. The summed E-state index contributed by atoms with van der Waals surface area (Å²) < 4.78 is 5.64. The van der Waals surface area contributed by atoms with Crippen molar-refractivity contribution in [3.63, 3.8) is 0 Å². The van der Waals surface area contributed by atoms with Gasteiger partial charge in [0.25, 0.3) is 0 Å². The maximum atomic E-state index is 10.1. The summed E-state index contributed by atoms with van der Waals surface area (Å²) in [5.74, 6) is -0.715. The highest BCUT2D eigenvalue weighted by Gasteiger charge is 2.21. The average molecular weight is 272 g/mol. The molecule has 3 rings (SSSR count). The van der Waals surface area contributed by atoms with Crippen LogP contribution in [0.1, 0.15) is 17.2 Å². The fourth-order valence-electron chi connectivity index (χ4n) is 2.11. The molecule has 0 saturated heterocycles. The van der Waals surface area contributed by atoms with E-state index in [2.05, 4.69) is 0 Å². The maximum Gasteiger partial charge on any atom is 0.200 e. The van der Waals surface area contributed by atoms with Crippen LogP contribution < -0.4 is 4.74 Å². The lowest BCUT2D eigenvalue weighted by molar-refractivity contribution is 0.217. The fourth-order valence-corrected chi connectivity index (χ4v) is 2.11. The van der Waals surface area contributed by atoms with Crippen molar-refractivity contribution in [1.29, 1.82) is 0 Å². The summed E-state index contributed by atoms with van der Waals surface area (Å²) in [5, 5.41) is 38.4. The van der Waals surface area contributed by atoms with Crippen molar-refractivity contribution in [1.82, 2.24) is 0 Å². The lowest BCUT2D eigenvalue weighted by atomic mass is 10.0. The third kappa shape index (κ3) is 1.94. The van der Waals surface area contributed by atoms with E-state index < -0.39 is 23.4 Å². The molecule has 0 radical (unpaired) electrons. The van der Waals surface area contributed by atoms with Crippen LogP contribution in [0.5, 0.6) is 23.0 Å². The number of aliphatic hydroxyl groups is 1. The van der Waals surface area contributed by atoms with Gasteiger partial charge >= 0.3 is 0 Å². The van der Waals surface area contributed by atoms with E-state index in [1.54, 1.807) is 24.3 Å². The molecule has 2 aromatic rings. The minimum atomic E-state index is -0.840. The Labute approximate surface area is 114 Å². The second-order valence-electron chi connectivity index (χ2n) is 4.48. The van der Waals surface area contributed by atoms with Gasteiger partial charge in [0.1, 0.15) is 17.6 Å². The number of hydrogen-bond donors (Lipinski definition) is 4. The van der Waals surface area contributed by atoms with Crippen molar-refractivity contribution < 1.29 is 25.2 Å². The van der Waals surface area contributed by atoms with Gasteiger partial charge in [-0.1, -0.05) is 18.2 Å². The number of benzene rings is 2. The third-order valence-corrected chi connectivity index (χ3v) is 3.12. The molecule has 5 heteroatoms. The summed E-state index contributed by atoms with van der Waals surface area (Å²) in [5.41, 5.74) is 0.995. The summed E-state index contributed by atoms with van der Waals surface area (Å²) in [6, 6.07) is 9.54. The molecule has 0 spiro atoms. The smallest absolute Gasteiger partial charge is 0.200 e. The highest BCUT2D eigenvalue weighted by atomic mass is 16.5. The number of para-hydroxylation sites is 1. The maximum absolute atomic E-state index is 10.1. The van der Waals surface area contributed by atoms with Gasteiger partial charge in [-0.25, -0.2) is 0 Å². The zero-order valence-corrected chi connectivity index (χ0v) is 10.3. The van der Waals surface area contributed by atoms with E-state index in [0.29, 0.717) is 22.6 Å². The number of hydrogen-bond acceptors (Lipinski definition) is 5. The van der Waals surface area contributed by atoms with Crippen LogP contribution in [0.3, 0.4) is 0 Å². The number of phenolic OH excluding ortho intramolecular Hbond substituents is 3. The molecule has 20 heavy (non-hydrogen) atoms. The van der Waals surface area contributed by atoms with Crippen LogP contribution in [0.25, 0.3) is 5.76 Å². The zero-order valence-electron chi connectivity index (χ0n) is 10.3. The van der Waals surface area contributed by atoms with Crippen molar-refractivity contribution in [2.24, 2.45) is 0 Å². The van der Waals surface area contributed by atoms with Gasteiger partial charge in [-0.2, -0.15) is 0 Å². The predicted molar refractivity (Wildman–Crippen MR) is 71.4 cm³/mol. The van der Waals surface area contributed by atoms with E-state index in [1.807, 2.05) is 0 Å². The summed E-state index contributed by atoms with van der Waals surface area (Å²) in [4.78, 5) is 0. The molecule has 1 heterocycles. The van der Waals surface area contributed by atoms with Crippen molar-refractivity contribution in [3.8, 4) is 23.0 Å². The van der Waals surface area contributed by atoms with E-state index in [9.17, 15) is 20.4 Å². The van der Waals surface area contributed by atoms with E-state index in [-0.39, 0.29) is 0 Å². The third-order valence-electron chi connectivity index (χ3n) is 3.12. The molecule has 0 saturated carbocycles. The number of rotatable bonds is 1. The highest BCUT2D eigenvalue weighted by Crippen LogP contribution is 2.41. The topological polar surface area (TPSA) is 90.2 Å². The Morgan fingerprint density at radius 2 is 1.60 bits per heavy atom. The second kappa shape index (κ2) is 4.47. The number of aliphatic hydroxyl groups excluding tert-OH is 1. The Morgan fingerprint density at radius 1 is 0.950 bits per heavy atom. The molecule has 1 aliphatic heterocycles. The van der Waals surface area contributed by atoms with Crippen LogP contribution in [-0.2, 0) is 0 Å². The van der Waals surface area contributed by atoms with Crippen LogP contribution in [0.4, 0.5) is 0 Å². The average Bonchev–Trinajstić information content (AvgIpc) is 2.44. The Hall–Kier alpha value is -2.66. The summed E-state index contributed by atoms with van der Waals surface area (Å²) >= 11 is 0. The molecule has 0 aliphatic carbocycles. The van der Waals surface area contributed by atoms with E-state index in [4.69, 9.17) is 4.74 Å². The Bertz CT molecular complexity index is 682. The summed E-state index contributed by atoms with van der Waals surface area (Å²) in [6.45, 7) is 0. The molecule has 2 aromatic carbocycles. The molecular formula is C15H12O5. The van der Waals surface area contributed by atoms with Crippen molar-refractivity contribution >= 4 is 5.76 Å². The van der Waals surface area contributed by atoms with Crippen LogP contribution in [0, 0.1) is 0 Å². The Kier molecular flexibility index (Phi) is 2.76. The molecule has 0 fully saturated rings. The van der Waals surface area contributed by atoms with Gasteiger partial charge < -0.3 is 25.2 Å². The van der Waals surface area contributed by atoms with Crippen molar-refractivity contribution in [3.05, 3.63) is 53.6 Å². The van der Waals surface area contributed by atoms with Gasteiger partial charge in [-0.05, 0) is 24.3 Å². The minimum Gasteiger partial charge on any atom is -0.504 e. The lowest BCUT2D eigenvalue weighted by Crippen LogP contribution is -2.08. The first-order valence-corrected chi connectivity index (χ1v) is 5.98. The summed E-state index contributed by atoms with van der Waals surface area (Å²) in [7, 11) is 0. The number of phenols is 3. The van der Waals surface area contributed by atoms with Crippen LogP contribution in [-0.4, -0.2) is 20.4 Å². The van der Waals surface area contributed by atoms with Gasteiger partial charge in [-0.3, -0.25) is 0 Å². The Balaban J connectivity index is 2.05. The molecule has 5 nitrogen and oxygen atoms in total. The molecular weight excluding hydrogens is 260 g/mol. The Morgan fingerprint density at radius 3 is 2.30 bits per heavy atom. The van der Waals surface area contributed by atoms with Gasteiger partial charge in [0.15, 0.2) is 17.2 Å². The molecule has 4 N–H and O–H groups in total. The second-order valence-corrected chi connectivity index (χ2v) is 4.48. The first-order valence-electron chi connectivity index (χ1n) is 5.98. The van der Waals surface area contributed by atoms with E-state index in [0.717, 1.165) is 0 Å². The van der Waals surface area contributed by atoms with Crippen molar-refractivity contribution in [2.45, 2.75) is 6.10 Å². The van der Waals surface area contributed by atoms with Gasteiger partial charge in [0.05, 0.1) is 0 Å². The first kappa shape index (κ1) is 12.4. The van der Waals surface area contributed by atoms with Crippen LogP contribution in [0.2, 0.25) is 0 Å². The standard InChI is InChI=1S/C15H12O5/c16-10-7-14(20-13-4-2-1-3-9(10)13)8-5-11(17)15(19)12(18)6-8/h1-7,10,16-19H/t10-/m1/s1. The first-order chi connectivity index (χ1) is 9.56. The molecule has 1 aliphatic rings. The monoisotopic (exact) mass is 272 g/mol. The number of fused-ring (bicyclic) bond motifs is 1. The molecule has 0 amide bonds. The SMILES string of the molecule is Oc1cc(C2=C[C@@H](O)c3ccccc3O2)cc(O)c1O. The molecule has 0 bridgehead atoms. The van der Waals surface area contributed by atoms with Crippen LogP contribution in [0.15, 0.2) is 42.5 Å². The summed E-state index contributed by atoms with van der Waals surface area (Å²) in [6.07, 6.45) is 0.626. The highest BCUT2D eigenvalue weighted by molar-refractivity contribution is 5.70. The largest absolute Gasteiger partial charge is 0.504 e. The molecule has 0 unspecified atom stereocenters. The van der Waals surface area contributed by atoms with E-state index >= 15 is 0 Å².